The summed E-state index contributed by atoms with van der Waals surface area (Å²) in [7, 11) is 1.63. The molecular weight excluding hydrogens is 346 g/mol. The van der Waals surface area contributed by atoms with E-state index in [1.807, 2.05) is 24.3 Å². The second kappa shape index (κ2) is 8.24. The number of hydrogen-bond acceptors (Lipinski definition) is 5. The predicted octanol–water partition coefficient (Wildman–Crippen LogP) is 2.01. The molecule has 1 N–H and O–H groups in total. The third kappa shape index (κ3) is 4.67. The number of carbonyl (C=O) groups is 1. The quantitative estimate of drug-likeness (QED) is 0.869. The molecule has 1 saturated heterocycles. The predicted molar refractivity (Wildman–Crippen MR) is 101 cm³/mol. The normalized spacial score (nSPS) is 14.9. The van der Waals surface area contributed by atoms with E-state index in [4.69, 9.17) is 9.47 Å². The second-order valence-corrected chi connectivity index (χ2v) is 6.77. The topological polar surface area (TPSA) is 84.5 Å². The highest BCUT2D eigenvalue weighted by atomic mass is 16.5. The first kappa shape index (κ1) is 18.9. The van der Waals surface area contributed by atoms with Crippen molar-refractivity contribution in [1.82, 2.24) is 14.9 Å². The molecule has 27 heavy (non-hydrogen) atoms. The van der Waals surface area contributed by atoms with Gasteiger partial charge in [-0.15, -0.1) is 0 Å². The fourth-order valence-electron chi connectivity index (χ4n) is 3.29. The lowest BCUT2D eigenvalue weighted by atomic mass is 10.1. The van der Waals surface area contributed by atoms with Gasteiger partial charge in [-0.3, -0.25) is 9.59 Å². The van der Waals surface area contributed by atoms with E-state index < -0.39 is 0 Å². The van der Waals surface area contributed by atoms with Gasteiger partial charge in [-0.1, -0.05) is 0 Å². The third-order valence-corrected chi connectivity index (χ3v) is 4.83. The van der Waals surface area contributed by atoms with E-state index in [-0.39, 0.29) is 24.0 Å². The van der Waals surface area contributed by atoms with Crippen LogP contribution in [0.15, 0.2) is 29.1 Å². The second-order valence-electron chi connectivity index (χ2n) is 6.77. The van der Waals surface area contributed by atoms with Crippen molar-refractivity contribution in [3.05, 3.63) is 51.7 Å². The number of amides is 1. The summed E-state index contributed by atoms with van der Waals surface area (Å²) in [6, 6.07) is 7.50. The van der Waals surface area contributed by atoms with Crippen LogP contribution in [0.5, 0.6) is 11.5 Å². The summed E-state index contributed by atoms with van der Waals surface area (Å²) < 4.78 is 11.1. The molecule has 144 valence electrons. The van der Waals surface area contributed by atoms with E-state index in [0.29, 0.717) is 30.2 Å². The summed E-state index contributed by atoms with van der Waals surface area (Å²) >= 11 is 0. The van der Waals surface area contributed by atoms with Crippen molar-refractivity contribution in [2.75, 3.05) is 20.2 Å². The van der Waals surface area contributed by atoms with Gasteiger partial charge in [-0.25, -0.2) is 4.98 Å². The number of aromatic nitrogens is 2. The molecule has 2 heterocycles. The summed E-state index contributed by atoms with van der Waals surface area (Å²) in [5.41, 5.74) is 0.829. The SMILES string of the molecule is COc1ccc(OC2CCN(C(=O)Cc3c(C)nc(C)[nH]c3=O)CC2)cc1. The Morgan fingerprint density at radius 3 is 2.41 bits per heavy atom. The largest absolute Gasteiger partial charge is 0.497 e. The number of piperidine rings is 1. The van der Waals surface area contributed by atoms with Crippen LogP contribution in [0.3, 0.4) is 0 Å². The highest BCUT2D eigenvalue weighted by Crippen LogP contribution is 2.22. The number of carbonyl (C=O) groups excluding carboxylic acids is 1. The Morgan fingerprint density at radius 2 is 1.81 bits per heavy atom. The van der Waals surface area contributed by atoms with Crippen LogP contribution in [0.25, 0.3) is 0 Å². The van der Waals surface area contributed by atoms with Gasteiger partial charge in [0.2, 0.25) is 5.91 Å². The standard InChI is InChI=1S/C20H25N3O4/c1-13-18(20(25)22-14(2)21-13)12-19(24)23-10-8-17(9-11-23)27-16-6-4-15(26-3)5-7-16/h4-7,17H,8-12H2,1-3H3,(H,21,22,25). The van der Waals surface area contributed by atoms with E-state index in [9.17, 15) is 9.59 Å². The minimum atomic E-state index is -0.230. The zero-order valence-electron chi connectivity index (χ0n) is 15.9. The average Bonchev–Trinajstić information content (AvgIpc) is 2.65. The first-order chi connectivity index (χ1) is 13.0. The van der Waals surface area contributed by atoms with Crippen LogP contribution in [0.1, 0.15) is 29.9 Å². The molecule has 0 atom stereocenters. The first-order valence-electron chi connectivity index (χ1n) is 9.11. The molecule has 0 saturated carbocycles. The number of ether oxygens (including phenoxy) is 2. The van der Waals surface area contributed by atoms with E-state index in [2.05, 4.69) is 9.97 Å². The molecular formula is C20H25N3O4. The molecule has 0 unspecified atom stereocenters. The van der Waals surface area contributed by atoms with E-state index in [0.717, 1.165) is 24.3 Å². The zero-order chi connectivity index (χ0) is 19.4. The van der Waals surface area contributed by atoms with Crippen LogP contribution in [-0.4, -0.2) is 47.1 Å². The number of hydrogen-bond donors (Lipinski definition) is 1. The molecule has 0 spiro atoms. The van der Waals surface area contributed by atoms with Gasteiger partial charge in [0.1, 0.15) is 23.4 Å². The van der Waals surface area contributed by atoms with Gasteiger partial charge in [-0.05, 0) is 38.1 Å². The number of nitrogens with zero attached hydrogens (tertiary/aromatic N) is 2. The lowest BCUT2D eigenvalue weighted by Gasteiger charge is -2.32. The molecule has 1 aliphatic heterocycles. The molecule has 1 fully saturated rings. The Kier molecular flexibility index (Phi) is 5.78. The number of aromatic amines is 1. The van der Waals surface area contributed by atoms with Crippen LogP contribution < -0.4 is 15.0 Å². The van der Waals surface area contributed by atoms with Crippen molar-refractivity contribution in [3.8, 4) is 11.5 Å². The highest BCUT2D eigenvalue weighted by molar-refractivity contribution is 5.79. The van der Waals surface area contributed by atoms with Gasteiger partial charge >= 0.3 is 0 Å². The number of aryl methyl sites for hydroxylation is 2. The smallest absolute Gasteiger partial charge is 0.254 e. The molecule has 1 aromatic carbocycles. The molecule has 7 heteroatoms. The van der Waals surface area contributed by atoms with Crippen LogP contribution in [0, 0.1) is 13.8 Å². The molecule has 3 rings (SSSR count). The summed E-state index contributed by atoms with van der Waals surface area (Å²) in [6.07, 6.45) is 1.69. The summed E-state index contributed by atoms with van der Waals surface area (Å²) in [4.78, 5) is 33.4. The molecule has 0 aliphatic carbocycles. The van der Waals surface area contributed by atoms with Crippen molar-refractivity contribution in [3.63, 3.8) is 0 Å². The molecule has 2 aromatic rings. The lowest BCUT2D eigenvalue weighted by Crippen LogP contribution is -2.43. The van der Waals surface area contributed by atoms with Gasteiger partial charge < -0.3 is 19.4 Å². The number of rotatable bonds is 5. The number of H-pyrrole nitrogens is 1. The number of methoxy groups -OCH3 is 1. The monoisotopic (exact) mass is 371 g/mol. The molecule has 1 aromatic heterocycles. The van der Waals surface area contributed by atoms with Crippen LogP contribution in [0.2, 0.25) is 0 Å². The van der Waals surface area contributed by atoms with Crippen molar-refractivity contribution in [2.24, 2.45) is 0 Å². The Hall–Kier alpha value is -2.83. The minimum absolute atomic E-state index is 0.0443. The average molecular weight is 371 g/mol. The summed E-state index contributed by atoms with van der Waals surface area (Å²) in [6.45, 7) is 4.74. The van der Waals surface area contributed by atoms with E-state index >= 15 is 0 Å². The molecule has 1 amide bonds. The molecule has 7 nitrogen and oxygen atoms in total. The first-order valence-corrected chi connectivity index (χ1v) is 9.11. The minimum Gasteiger partial charge on any atom is -0.497 e. The van der Waals surface area contributed by atoms with Gasteiger partial charge in [0.05, 0.1) is 13.5 Å². The van der Waals surface area contributed by atoms with Crippen molar-refractivity contribution >= 4 is 5.91 Å². The lowest BCUT2D eigenvalue weighted by molar-refractivity contribution is -0.132. The number of likely N-dealkylation sites (tertiary alicyclic amines) is 1. The number of nitrogens with one attached hydrogen (secondary N) is 1. The Bertz CT molecular complexity index is 853. The van der Waals surface area contributed by atoms with Gasteiger partial charge in [-0.2, -0.15) is 0 Å². The van der Waals surface area contributed by atoms with E-state index in [1.54, 1.807) is 25.9 Å². The van der Waals surface area contributed by atoms with Crippen molar-refractivity contribution in [2.45, 2.75) is 39.2 Å². The number of benzene rings is 1. The third-order valence-electron chi connectivity index (χ3n) is 4.83. The maximum Gasteiger partial charge on any atom is 0.254 e. The summed E-state index contributed by atoms with van der Waals surface area (Å²) in [5.74, 6) is 2.11. The van der Waals surface area contributed by atoms with E-state index in [1.165, 1.54) is 0 Å². The molecule has 0 radical (unpaired) electrons. The van der Waals surface area contributed by atoms with Crippen LogP contribution in [-0.2, 0) is 11.2 Å². The van der Waals surface area contributed by atoms with Crippen LogP contribution >= 0.6 is 0 Å². The Morgan fingerprint density at radius 1 is 1.19 bits per heavy atom. The van der Waals surface area contributed by atoms with Crippen molar-refractivity contribution < 1.29 is 14.3 Å². The van der Waals surface area contributed by atoms with Gasteiger partial charge in [0, 0.05) is 37.2 Å². The molecule has 1 aliphatic rings. The van der Waals surface area contributed by atoms with Crippen LogP contribution in [0.4, 0.5) is 0 Å². The Balaban J connectivity index is 1.54. The fourth-order valence-corrected chi connectivity index (χ4v) is 3.29. The van der Waals surface area contributed by atoms with Gasteiger partial charge in [0.15, 0.2) is 0 Å². The van der Waals surface area contributed by atoms with Crippen molar-refractivity contribution in [1.29, 1.82) is 0 Å². The van der Waals surface area contributed by atoms with Gasteiger partial charge in [0.25, 0.3) is 5.56 Å². The molecule has 0 bridgehead atoms. The summed E-state index contributed by atoms with van der Waals surface area (Å²) in [5, 5.41) is 0. The maximum atomic E-state index is 12.6. The highest BCUT2D eigenvalue weighted by Gasteiger charge is 2.25. The fraction of sp³-hybridized carbons (Fsp3) is 0.450. The zero-order valence-corrected chi connectivity index (χ0v) is 15.9. The maximum absolute atomic E-state index is 12.6. The Labute approximate surface area is 158 Å².